The summed E-state index contributed by atoms with van der Waals surface area (Å²) in [6.07, 6.45) is 28.8. The van der Waals surface area contributed by atoms with Crippen molar-refractivity contribution < 1.29 is 19.8 Å². The standard InChI is InChI=1S/C35H68O4/c1-31(2)25-19-15-11-7-5-9-13-17-22-28-35(34(38)39,30-24-21-27-33(36)37)29-23-18-14-10-6-8-12-16-20-26-32(3)4/h31-32H,5-30H2,1-4H3,(H,36,37)(H,38,39). The second kappa shape index (κ2) is 25.9. The Labute approximate surface area is 243 Å². The Bertz CT molecular complexity index is 539. The van der Waals surface area contributed by atoms with E-state index >= 15 is 0 Å². The zero-order valence-corrected chi connectivity index (χ0v) is 26.8. The van der Waals surface area contributed by atoms with Crippen molar-refractivity contribution in [2.45, 2.75) is 195 Å². The highest BCUT2D eigenvalue weighted by Crippen LogP contribution is 2.38. The van der Waals surface area contributed by atoms with Gasteiger partial charge in [-0.2, -0.15) is 0 Å². The van der Waals surface area contributed by atoms with Crippen molar-refractivity contribution in [1.82, 2.24) is 0 Å². The van der Waals surface area contributed by atoms with Crippen LogP contribution in [0.4, 0.5) is 0 Å². The van der Waals surface area contributed by atoms with Gasteiger partial charge in [-0.1, -0.05) is 163 Å². The van der Waals surface area contributed by atoms with Gasteiger partial charge in [-0.3, -0.25) is 9.59 Å². The Morgan fingerprint density at radius 2 is 0.744 bits per heavy atom. The fourth-order valence-corrected chi connectivity index (χ4v) is 5.94. The van der Waals surface area contributed by atoms with Crippen LogP contribution in [0.1, 0.15) is 195 Å². The van der Waals surface area contributed by atoms with Crippen LogP contribution in [0.25, 0.3) is 0 Å². The van der Waals surface area contributed by atoms with Gasteiger partial charge in [0.05, 0.1) is 5.41 Å². The maximum absolute atomic E-state index is 12.5. The van der Waals surface area contributed by atoms with Crippen molar-refractivity contribution in [2.75, 3.05) is 0 Å². The highest BCUT2D eigenvalue weighted by molar-refractivity contribution is 5.74. The van der Waals surface area contributed by atoms with Crippen LogP contribution in [0.2, 0.25) is 0 Å². The number of aliphatic carboxylic acids is 2. The maximum Gasteiger partial charge on any atom is 0.309 e. The summed E-state index contributed by atoms with van der Waals surface area (Å²) in [6, 6.07) is 0. The molecule has 0 aliphatic carbocycles. The number of hydrogen-bond acceptors (Lipinski definition) is 2. The van der Waals surface area contributed by atoms with E-state index in [1.165, 1.54) is 103 Å². The molecule has 4 nitrogen and oxygen atoms in total. The van der Waals surface area contributed by atoms with E-state index in [2.05, 4.69) is 27.7 Å². The van der Waals surface area contributed by atoms with Crippen molar-refractivity contribution in [3.63, 3.8) is 0 Å². The molecule has 0 spiro atoms. The first kappa shape index (κ1) is 37.9. The number of carbonyl (C=O) groups is 2. The molecular formula is C35H68O4. The van der Waals surface area contributed by atoms with Crippen molar-refractivity contribution >= 4 is 11.9 Å². The van der Waals surface area contributed by atoms with Crippen molar-refractivity contribution in [3.05, 3.63) is 0 Å². The number of carboxylic acid groups (broad SMARTS) is 2. The highest BCUT2D eigenvalue weighted by Gasteiger charge is 2.36. The Kier molecular flexibility index (Phi) is 25.2. The molecule has 0 bridgehead atoms. The molecule has 0 atom stereocenters. The largest absolute Gasteiger partial charge is 0.481 e. The Morgan fingerprint density at radius 3 is 1.03 bits per heavy atom. The summed E-state index contributed by atoms with van der Waals surface area (Å²) < 4.78 is 0. The average Bonchev–Trinajstić information content (AvgIpc) is 2.87. The normalized spacial score (nSPS) is 12.1. The van der Waals surface area contributed by atoms with E-state index < -0.39 is 17.4 Å². The predicted octanol–water partition coefficient (Wildman–Crippen LogP) is 11.6. The number of hydrogen-bond donors (Lipinski definition) is 2. The second-order valence-electron chi connectivity index (χ2n) is 13.4. The van der Waals surface area contributed by atoms with Gasteiger partial charge in [0.25, 0.3) is 0 Å². The number of unbranched alkanes of at least 4 members (excludes halogenated alkanes) is 17. The lowest BCUT2D eigenvalue weighted by Gasteiger charge is -2.30. The second-order valence-corrected chi connectivity index (χ2v) is 13.4. The topological polar surface area (TPSA) is 74.6 Å². The summed E-state index contributed by atoms with van der Waals surface area (Å²) in [7, 11) is 0. The van der Waals surface area contributed by atoms with Crippen molar-refractivity contribution in [2.24, 2.45) is 17.3 Å². The third-order valence-electron chi connectivity index (χ3n) is 8.62. The third kappa shape index (κ3) is 24.5. The Balaban J connectivity index is 4.28. The zero-order chi connectivity index (χ0) is 29.2. The van der Waals surface area contributed by atoms with Gasteiger partial charge in [0, 0.05) is 6.42 Å². The van der Waals surface area contributed by atoms with E-state index in [1.54, 1.807) is 0 Å². The molecule has 0 aliphatic rings. The minimum Gasteiger partial charge on any atom is -0.481 e. The van der Waals surface area contributed by atoms with Crippen LogP contribution in [0, 0.1) is 17.3 Å². The molecule has 232 valence electrons. The molecule has 0 radical (unpaired) electrons. The van der Waals surface area contributed by atoms with Gasteiger partial charge >= 0.3 is 11.9 Å². The Morgan fingerprint density at radius 1 is 0.462 bits per heavy atom. The number of carboxylic acids is 2. The molecule has 0 unspecified atom stereocenters. The first-order chi connectivity index (χ1) is 18.7. The lowest BCUT2D eigenvalue weighted by molar-refractivity contribution is -0.150. The van der Waals surface area contributed by atoms with Gasteiger partial charge in [-0.25, -0.2) is 0 Å². The smallest absolute Gasteiger partial charge is 0.309 e. The van der Waals surface area contributed by atoms with E-state index in [0.29, 0.717) is 19.3 Å². The molecule has 39 heavy (non-hydrogen) atoms. The lowest BCUT2D eigenvalue weighted by Crippen LogP contribution is -2.31. The van der Waals surface area contributed by atoms with Gasteiger partial charge in [-0.15, -0.1) is 0 Å². The summed E-state index contributed by atoms with van der Waals surface area (Å²) in [4.78, 5) is 23.4. The first-order valence-corrected chi connectivity index (χ1v) is 17.1. The van der Waals surface area contributed by atoms with Gasteiger partial charge in [0.2, 0.25) is 0 Å². The molecule has 0 aromatic heterocycles. The average molecular weight is 553 g/mol. The van der Waals surface area contributed by atoms with Crippen LogP contribution < -0.4 is 0 Å². The van der Waals surface area contributed by atoms with Crippen molar-refractivity contribution in [3.8, 4) is 0 Å². The van der Waals surface area contributed by atoms with E-state index in [4.69, 9.17) is 5.11 Å². The number of rotatable bonds is 30. The Hall–Kier alpha value is -1.06. The molecular weight excluding hydrogens is 484 g/mol. The summed E-state index contributed by atoms with van der Waals surface area (Å²) >= 11 is 0. The van der Waals surface area contributed by atoms with E-state index in [-0.39, 0.29) is 6.42 Å². The van der Waals surface area contributed by atoms with Gasteiger partial charge in [0.1, 0.15) is 0 Å². The molecule has 0 fully saturated rings. The minimum atomic E-state index is -0.782. The van der Waals surface area contributed by atoms with Crippen LogP contribution in [0.5, 0.6) is 0 Å². The molecule has 0 aromatic carbocycles. The fraction of sp³-hybridized carbons (Fsp3) is 0.943. The quantitative estimate of drug-likeness (QED) is 0.0869. The molecule has 4 heteroatoms. The third-order valence-corrected chi connectivity index (χ3v) is 8.62. The first-order valence-electron chi connectivity index (χ1n) is 17.1. The van der Waals surface area contributed by atoms with E-state index in [1.807, 2.05) is 0 Å². The van der Waals surface area contributed by atoms with Crippen LogP contribution in [0.15, 0.2) is 0 Å². The van der Waals surface area contributed by atoms with Gasteiger partial charge in [-0.05, 0) is 37.5 Å². The molecule has 0 aliphatic heterocycles. The summed E-state index contributed by atoms with van der Waals surface area (Å²) in [5.74, 6) is 0.204. The SMILES string of the molecule is CC(C)CCCCCCCCCCCC(CCCCCCCCCCCC(C)C)(CCCCC(=O)O)C(=O)O. The van der Waals surface area contributed by atoms with Crippen molar-refractivity contribution in [1.29, 1.82) is 0 Å². The summed E-state index contributed by atoms with van der Waals surface area (Å²) in [5, 5.41) is 19.3. The van der Waals surface area contributed by atoms with E-state index in [9.17, 15) is 14.7 Å². The summed E-state index contributed by atoms with van der Waals surface area (Å²) in [6.45, 7) is 9.20. The molecule has 2 N–H and O–H groups in total. The molecule has 0 saturated carbocycles. The monoisotopic (exact) mass is 553 g/mol. The zero-order valence-electron chi connectivity index (χ0n) is 26.8. The van der Waals surface area contributed by atoms with Gasteiger partial charge in [0.15, 0.2) is 0 Å². The molecule has 0 saturated heterocycles. The predicted molar refractivity (Wildman–Crippen MR) is 167 cm³/mol. The molecule has 0 heterocycles. The van der Waals surface area contributed by atoms with Crippen LogP contribution >= 0.6 is 0 Å². The molecule has 0 aromatic rings. The van der Waals surface area contributed by atoms with Crippen LogP contribution in [-0.2, 0) is 9.59 Å². The highest BCUT2D eigenvalue weighted by atomic mass is 16.4. The molecule has 0 amide bonds. The maximum atomic E-state index is 12.5. The molecule has 0 rings (SSSR count). The van der Waals surface area contributed by atoms with Gasteiger partial charge < -0.3 is 10.2 Å². The summed E-state index contributed by atoms with van der Waals surface area (Å²) in [5.41, 5.74) is -0.661. The minimum absolute atomic E-state index is 0.143. The lowest BCUT2D eigenvalue weighted by atomic mass is 9.74. The van der Waals surface area contributed by atoms with Crippen LogP contribution in [0.3, 0.4) is 0 Å². The van der Waals surface area contributed by atoms with E-state index in [0.717, 1.165) is 50.4 Å². The van der Waals surface area contributed by atoms with Crippen LogP contribution in [-0.4, -0.2) is 22.2 Å². The fourth-order valence-electron chi connectivity index (χ4n) is 5.94.